The van der Waals surface area contributed by atoms with Crippen molar-refractivity contribution in [1.82, 2.24) is 4.90 Å². The van der Waals surface area contributed by atoms with Crippen molar-refractivity contribution in [2.45, 2.75) is 6.92 Å². The van der Waals surface area contributed by atoms with Crippen LogP contribution < -0.4 is 14.4 Å². The summed E-state index contributed by atoms with van der Waals surface area (Å²) in [4.78, 5) is 53.6. The molecular weight excluding hydrogens is 556 g/mol. The smallest absolute Gasteiger partial charge is 0.266 e. The summed E-state index contributed by atoms with van der Waals surface area (Å²) in [5.74, 6) is 0.971. The number of ether oxygens (including phenoxy) is 2. The lowest BCUT2D eigenvalue weighted by Crippen LogP contribution is -2.29. The zero-order chi connectivity index (χ0) is 30.5. The first-order chi connectivity index (χ1) is 21.3. The van der Waals surface area contributed by atoms with Gasteiger partial charge in [-0.3, -0.25) is 24.1 Å². The van der Waals surface area contributed by atoms with E-state index in [1.54, 1.807) is 72.8 Å². The second-order valence-electron chi connectivity index (χ2n) is 10.6. The van der Waals surface area contributed by atoms with Crippen LogP contribution in [0, 0.1) is 6.92 Å². The highest BCUT2D eigenvalue weighted by Gasteiger charge is 2.37. The highest BCUT2D eigenvalue weighted by atomic mass is 16.5. The minimum absolute atomic E-state index is 0.265. The number of hydrogen-bond acceptors (Lipinski definition) is 6. The quantitative estimate of drug-likeness (QED) is 0.196. The van der Waals surface area contributed by atoms with Crippen LogP contribution in [0.5, 0.6) is 23.0 Å². The molecule has 0 unspecified atom stereocenters. The van der Waals surface area contributed by atoms with Crippen LogP contribution in [0.15, 0.2) is 109 Å². The lowest BCUT2D eigenvalue weighted by atomic mass is 9.97. The van der Waals surface area contributed by atoms with Gasteiger partial charge in [0.2, 0.25) is 0 Å². The van der Waals surface area contributed by atoms with Gasteiger partial charge in [-0.2, -0.15) is 0 Å². The first kappa shape index (κ1) is 26.9. The number of amides is 4. The van der Waals surface area contributed by atoms with E-state index in [1.807, 2.05) is 43.3 Å². The maximum absolute atomic E-state index is 13.4. The van der Waals surface area contributed by atoms with E-state index in [0.717, 1.165) is 21.1 Å². The molecule has 2 aliphatic rings. The molecule has 0 fully saturated rings. The lowest BCUT2D eigenvalue weighted by molar-refractivity contribution is 0.0692. The Labute approximate surface area is 252 Å². The third-order valence-electron chi connectivity index (χ3n) is 7.72. The van der Waals surface area contributed by atoms with Crippen molar-refractivity contribution >= 4 is 29.3 Å². The molecule has 5 aromatic rings. The van der Waals surface area contributed by atoms with Gasteiger partial charge in [-0.25, -0.2) is 4.90 Å². The summed E-state index contributed by atoms with van der Waals surface area (Å²) >= 11 is 0. The molecule has 44 heavy (non-hydrogen) atoms. The average Bonchev–Trinajstić information content (AvgIpc) is 3.42. The van der Waals surface area contributed by atoms with Crippen LogP contribution in [-0.2, 0) is 0 Å². The fourth-order valence-electron chi connectivity index (χ4n) is 5.31. The number of imide groups is 2. The number of carbonyl (C=O) groups is 4. The monoisotopic (exact) mass is 580 g/mol. The number of aryl methyl sites for hydroxylation is 1. The molecule has 0 N–H and O–H groups in total. The zero-order valence-corrected chi connectivity index (χ0v) is 23.7. The number of rotatable bonds is 6. The molecule has 0 aromatic heterocycles. The van der Waals surface area contributed by atoms with Crippen molar-refractivity contribution in [2.75, 3.05) is 11.9 Å². The third-order valence-corrected chi connectivity index (χ3v) is 7.72. The Morgan fingerprint density at radius 1 is 0.455 bits per heavy atom. The molecule has 8 heteroatoms. The molecule has 0 aliphatic carbocycles. The van der Waals surface area contributed by atoms with Crippen LogP contribution in [0.25, 0.3) is 11.1 Å². The van der Waals surface area contributed by atoms with E-state index in [9.17, 15) is 19.2 Å². The summed E-state index contributed by atoms with van der Waals surface area (Å²) in [7, 11) is 1.44. The number of anilines is 1. The Bertz CT molecular complexity index is 2000. The molecule has 0 spiro atoms. The van der Waals surface area contributed by atoms with Gasteiger partial charge in [-0.05, 0) is 103 Å². The third kappa shape index (κ3) is 4.59. The molecule has 4 amide bonds. The number of nitrogens with zero attached hydrogens (tertiary/aromatic N) is 2. The van der Waals surface area contributed by atoms with Gasteiger partial charge in [0.05, 0.1) is 27.9 Å². The topological polar surface area (TPSA) is 93.2 Å². The number of carbonyl (C=O) groups excluding carboxylic acids is 4. The fourth-order valence-corrected chi connectivity index (χ4v) is 5.31. The molecule has 8 nitrogen and oxygen atoms in total. The van der Waals surface area contributed by atoms with Gasteiger partial charge in [-0.1, -0.05) is 29.8 Å². The summed E-state index contributed by atoms with van der Waals surface area (Å²) in [6.07, 6.45) is 0. The summed E-state index contributed by atoms with van der Waals surface area (Å²) in [6.45, 7) is 2.02. The standard InChI is InChI=1S/C36H24N2O6/c1-21-3-9-25(10-4-21)43-27-13-15-28(16-14-27)44-26-11-7-24(8-12-26)38-35(41)30-18-6-23(20-32(30)36(38)42)22-5-17-29-31(19-22)34(40)37(2)33(29)39/h3-20H,1-2H3. The maximum Gasteiger partial charge on any atom is 0.266 e. The molecule has 0 saturated heterocycles. The Balaban J connectivity index is 1.06. The van der Waals surface area contributed by atoms with Crippen molar-refractivity contribution in [1.29, 1.82) is 0 Å². The van der Waals surface area contributed by atoms with Crippen molar-refractivity contribution in [3.05, 3.63) is 137 Å². The largest absolute Gasteiger partial charge is 0.457 e. The van der Waals surface area contributed by atoms with Crippen molar-refractivity contribution < 1.29 is 28.7 Å². The predicted octanol–water partition coefficient (Wildman–Crippen LogP) is 7.27. The minimum Gasteiger partial charge on any atom is -0.457 e. The Kier molecular flexibility index (Phi) is 6.32. The molecule has 0 bridgehead atoms. The first-order valence-corrected chi connectivity index (χ1v) is 13.9. The molecule has 2 heterocycles. The maximum atomic E-state index is 13.4. The number of fused-ring (bicyclic) bond motifs is 2. The van der Waals surface area contributed by atoms with Crippen molar-refractivity contribution in [3.63, 3.8) is 0 Å². The van der Waals surface area contributed by atoms with Gasteiger partial charge in [-0.15, -0.1) is 0 Å². The van der Waals surface area contributed by atoms with E-state index in [1.165, 1.54) is 7.05 Å². The SMILES string of the molecule is Cc1ccc(Oc2ccc(Oc3ccc(N4C(=O)c5ccc(-c6ccc7c(c6)C(=O)N(C)C7=O)cc5C4=O)cc3)cc2)cc1. The van der Waals surface area contributed by atoms with E-state index >= 15 is 0 Å². The van der Waals surface area contributed by atoms with Gasteiger partial charge in [0.1, 0.15) is 23.0 Å². The van der Waals surface area contributed by atoms with Gasteiger partial charge in [0.25, 0.3) is 23.6 Å². The van der Waals surface area contributed by atoms with E-state index in [-0.39, 0.29) is 17.4 Å². The fraction of sp³-hybridized carbons (Fsp3) is 0.0556. The molecule has 2 aliphatic heterocycles. The van der Waals surface area contributed by atoms with Gasteiger partial charge in [0, 0.05) is 7.05 Å². The highest BCUT2D eigenvalue weighted by Crippen LogP contribution is 2.35. The van der Waals surface area contributed by atoms with Crippen LogP contribution in [-0.4, -0.2) is 35.6 Å². The Hall–Kier alpha value is -6.02. The average molecular weight is 581 g/mol. The lowest BCUT2D eigenvalue weighted by Gasteiger charge is -2.14. The van der Waals surface area contributed by atoms with Gasteiger partial charge < -0.3 is 9.47 Å². The van der Waals surface area contributed by atoms with Crippen molar-refractivity contribution in [3.8, 4) is 34.1 Å². The minimum atomic E-state index is -0.447. The second-order valence-corrected chi connectivity index (χ2v) is 10.6. The molecule has 5 aromatic carbocycles. The van der Waals surface area contributed by atoms with E-state index < -0.39 is 11.8 Å². The number of hydrogen-bond donors (Lipinski definition) is 0. The summed E-state index contributed by atoms with van der Waals surface area (Å²) < 4.78 is 11.8. The van der Waals surface area contributed by atoms with Crippen LogP contribution >= 0.6 is 0 Å². The molecule has 7 rings (SSSR count). The van der Waals surface area contributed by atoms with Crippen LogP contribution in [0.3, 0.4) is 0 Å². The van der Waals surface area contributed by atoms with Crippen molar-refractivity contribution in [2.24, 2.45) is 0 Å². The molecule has 214 valence electrons. The van der Waals surface area contributed by atoms with Gasteiger partial charge >= 0.3 is 0 Å². The summed E-state index contributed by atoms with van der Waals surface area (Å²) in [5.41, 5.74) is 4.10. The van der Waals surface area contributed by atoms with E-state index in [2.05, 4.69) is 0 Å². The Morgan fingerprint density at radius 3 is 1.36 bits per heavy atom. The van der Waals surface area contributed by atoms with Crippen LogP contribution in [0.4, 0.5) is 5.69 Å². The molecular formula is C36H24N2O6. The second kappa shape index (κ2) is 10.4. The molecule has 0 atom stereocenters. The van der Waals surface area contributed by atoms with Gasteiger partial charge in [0.15, 0.2) is 0 Å². The molecule has 0 radical (unpaired) electrons. The predicted molar refractivity (Wildman–Crippen MR) is 164 cm³/mol. The van der Waals surface area contributed by atoms with Crippen LogP contribution in [0.1, 0.15) is 47.0 Å². The molecule has 0 saturated carbocycles. The normalized spacial score (nSPS) is 13.8. The summed E-state index contributed by atoms with van der Waals surface area (Å²) in [5, 5.41) is 0. The summed E-state index contributed by atoms with van der Waals surface area (Å²) in [6, 6.07) is 31.7. The van der Waals surface area contributed by atoms with E-state index in [4.69, 9.17) is 9.47 Å². The zero-order valence-electron chi connectivity index (χ0n) is 23.7. The van der Waals surface area contributed by atoms with E-state index in [0.29, 0.717) is 50.8 Å². The first-order valence-electron chi connectivity index (χ1n) is 13.9. The highest BCUT2D eigenvalue weighted by molar-refractivity contribution is 6.34. The number of benzene rings is 5. The Morgan fingerprint density at radius 2 is 0.841 bits per heavy atom. The van der Waals surface area contributed by atoms with Crippen LogP contribution in [0.2, 0.25) is 0 Å².